The number of piperazine rings is 1. The molecule has 3 rings (SSSR count). The van der Waals surface area contributed by atoms with E-state index in [0.717, 1.165) is 24.9 Å². The molecule has 1 aliphatic carbocycles. The fourth-order valence-electron chi connectivity index (χ4n) is 3.15. The molecule has 0 radical (unpaired) electrons. The maximum absolute atomic E-state index is 3.54. The van der Waals surface area contributed by atoms with E-state index in [-0.39, 0.29) is 0 Å². The van der Waals surface area contributed by atoms with Crippen molar-refractivity contribution in [3.05, 3.63) is 35.9 Å². The molecule has 2 atom stereocenters. The summed E-state index contributed by atoms with van der Waals surface area (Å²) in [5.41, 5.74) is 1.47. The Morgan fingerprint density at radius 2 is 2.06 bits per heavy atom. The second-order valence-electron chi connectivity index (χ2n) is 5.94. The van der Waals surface area contributed by atoms with E-state index in [4.69, 9.17) is 0 Å². The first-order chi connectivity index (χ1) is 8.84. The predicted molar refractivity (Wildman–Crippen MR) is 75.5 cm³/mol. The summed E-state index contributed by atoms with van der Waals surface area (Å²) >= 11 is 0. The summed E-state index contributed by atoms with van der Waals surface area (Å²) < 4.78 is 0. The SMILES string of the molecule is CC(CN1CCNCC1c1ccccc1)C1CC1. The first-order valence-corrected chi connectivity index (χ1v) is 7.34. The highest BCUT2D eigenvalue weighted by Crippen LogP contribution is 2.38. The Morgan fingerprint density at radius 1 is 1.28 bits per heavy atom. The van der Waals surface area contributed by atoms with Crippen molar-refractivity contribution in [2.75, 3.05) is 26.2 Å². The molecule has 2 aliphatic rings. The highest BCUT2D eigenvalue weighted by atomic mass is 15.2. The van der Waals surface area contributed by atoms with Crippen LogP contribution in [-0.2, 0) is 0 Å². The Labute approximate surface area is 110 Å². The van der Waals surface area contributed by atoms with Crippen LogP contribution in [0.1, 0.15) is 31.4 Å². The summed E-state index contributed by atoms with van der Waals surface area (Å²) in [4.78, 5) is 2.69. The third-order valence-corrected chi connectivity index (χ3v) is 4.49. The van der Waals surface area contributed by atoms with Crippen molar-refractivity contribution >= 4 is 0 Å². The summed E-state index contributed by atoms with van der Waals surface area (Å²) in [5, 5.41) is 3.54. The lowest BCUT2D eigenvalue weighted by molar-refractivity contribution is 0.135. The Kier molecular flexibility index (Phi) is 3.67. The number of nitrogens with zero attached hydrogens (tertiary/aromatic N) is 1. The molecule has 1 N–H and O–H groups in total. The molecule has 1 heterocycles. The van der Waals surface area contributed by atoms with Crippen LogP contribution in [0.3, 0.4) is 0 Å². The Hall–Kier alpha value is -0.860. The van der Waals surface area contributed by atoms with Crippen LogP contribution < -0.4 is 5.32 Å². The van der Waals surface area contributed by atoms with Crippen LogP contribution in [0.4, 0.5) is 0 Å². The van der Waals surface area contributed by atoms with Gasteiger partial charge in [0.25, 0.3) is 0 Å². The molecular weight excluding hydrogens is 220 g/mol. The quantitative estimate of drug-likeness (QED) is 0.876. The maximum Gasteiger partial charge on any atom is 0.0473 e. The summed E-state index contributed by atoms with van der Waals surface area (Å²) in [7, 11) is 0. The molecule has 0 bridgehead atoms. The van der Waals surface area contributed by atoms with E-state index in [0.29, 0.717) is 6.04 Å². The van der Waals surface area contributed by atoms with Crippen LogP contribution in [0.15, 0.2) is 30.3 Å². The fourth-order valence-corrected chi connectivity index (χ4v) is 3.15. The van der Waals surface area contributed by atoms with Crippen LogP contribution in [0, 0.1) is 11.8 Å². The zero-order valence-corrected chi connectivity index (χ0v) is 11.3. The molecule has 2 heteroatoms. The number of nitrogens with one attached hydrogen (secondary N) is 1. The number of benzene rings is 1. The van der Waals surface area contributed by atoms with Gasteiger partial charge in [0.15, 0.2) is 0 Å². The first-order valence-electron chi connectivity index (χ1n) is 7.34. The van der Waals surface area contributed by atoms with Gasteiger partial charge in [0.05, 0.1) is 0 Å². The summed E-state index contributed by atoms with van der Waals surface area (Å²) in [6.45, 7) is 7.13. The molecule has 1 saturated heterocycles. The van der Waals surface area contributed by atoms with Crippen molar-refractivity contribution in [3.63, 3.8) is 0 Å². The third-order valence-electron chi connectivity index (χ3n) is 4.49. The Morgan fingerprint density at radius 3 is 2.78 bits per heavy atom. The third kappa shape index (κ3) is 2.76. The average Bonchev–Trinajstić information content (AvgIpc) is 3.25. The van der Waals surface area contributed by atoms with Gasteiger partial charge < -0.3 is 5.32 Å². The molecule has 2 unspecified atom stereocenters. The van der Waals surface area contributed by atoms with Crippen molar-refractivity contribution in [2.45, 2.75) is 25.8 Å². The minimum absolute atomic E-state index is 0.571. The van der Waals surface area contributed by atoms with Gasteiger partial charge in [0, 0.05) is 32.2 Å². The van der Waals surface area contributed by atoms with Gasteiger partial charge >= 0.3 is 0 Å². The van der Waals surface area contributed by atoms with Crippen LogP contribution >= 0.6 is 0 Å². The van der Waals surface area contributed by atoms with Crippen LogP contribution in [-0.4, -0.2) is 31.1 Å². The van der Waals surface area contributed by atoms with E-state index in [1.54, 1.807) is 0 Å². The Bertz CT molecular complexity index is 372. The minimum Gasteiger partial charge on any atom is -0.314 e. The van der Waals surface area contributed by atoms with Crippen molar-refractivity contribution in [2.24, 2.45) is 11.8 Å². The monoisotopic (exact) mass is 244 g/mol. The zero-order chi connectivity index (χ0) is 12.4. The van der Waals surface area contributed by atoms with E-state index in [1.165, 1.54) is 31.5 Å². The van der Waals surface area contributed by atoms with Crippen LogP contribution in [0.25, 0.3) is 0 Å². The molecule has 18 heavy (non-hydrogen) atoms. The van der Waals surface area contributed by atoms with Gasteiger partial charge in [-0.05, 0) is 30.2 Å². The van der Waals surface area contributed by atoms with Crippen LogP contribution in [0.5, 0.6) is 0 Å². The number of hydrogen-bond acceptors (Lipinski definition) is 2. The number of rotatable bonds is 4. The topological polar surface area (TPSA) is 15.3 Å². The lowest BCUT2D eigenvalue weighted by Gasteiger charge is -2.38. The molecule has 0 aromatic heterocycles. The van der Waals surface area contributed by atoms with Crippen molar-refractivity contribution in [1.29, 1.82) is 0 Å². The summed E-state index contributed by atoms with van der Waals surface area (Å²) in [5.74, 6) is 1.88. The van der Waals surface area contributed by atoms with Gasteiger partial charge in [-0.2, -0.15) is 0 Å². The molecule has 1 aromatic carbocycles. The average molecular weight is 244 g/mol. The lowest BCUT2D eigenvalue weighted by Crippen LogP contribution is -2.47. The zero-order valence-electron chi connectivity index (χ0n) is 11.3. The van der Waals surface area contributed by atoms with E-state index >= 15 is 0 Å². The second kappa shape index (κ2) is 5.41. The molecule has 0 amide bonds. The predicted octanol–water partition coefficient (Wildman–Crippen LogP) is 2.68. The van der Waals surface area contributed by atoms with Crippen molar-refractivity contribution in [1.82, 2.24) is 10.2 Å². The molecule has 1 aromatic rings. The van der Waals surface area contributed by atoms with Crippen molar-refractivity contribution < 1.29 is 0 Å². The first kappa shape index (κ1) is 12.2. The second-order valence-corrected chi connectivity index (χ2v) is 5.94. The number of hydrogen-bond donors (Lipinski definition) is 1. The van der Waals surface area contributed by atoms with Gasteiger partial charge in [0.1, 0.15) is 0 Å². The van der Waals surface area contributed by atoms with Crippen molar-refractivity contribution in [3.8, 4) is 0 Å². The molecule has 2 fully saturated rings. The Balaban J connectivity index is 1.69. The molecule has 0 spiro atoms. The standard InChI is InChI=1S/C16H24N2/c1-13(14-7-8-14)12-18-10-9-17-11-16(18)15-5-3-2-4-6-15/h2-6,13-14,16-17H,7-12H2,1H3. The molecule has 2 nitrogen and oxygen atoms in total. The van der Waals surface area contributed by atoms with E-state index in [1.807, 2.05) is 0 Å². The largest absolute Gasteiger partial charge is 0.314 e. The van der Waals surface area contributed by atoms with E-state index in [2.05, 4.69) is 47.5 Å². The van der Waals surface area contributed by atoms with Gasteiger partial charge in [-0.1, -0.05) is 37.3 Å². The highest BCUT2D eigenvalue weighted by Gasteiger charge is 2.32. The maximum atomic E-state index is 3.54. The van der Waals surface area contributed by atoms with E-state index in [9.17, 15) is 0 Å². The molecule has 1 aliphatic heterocycles. The van der Waals surface area contributed by atoms with E-state index < -0.39 is 0 Å². The van der Waals surface area contributed by atoms with Gasteiger partial charge in [-0.25, -0.2) is 0 Å². The molecule has 1 saturated carbocycles. The summed E-state index contributed by atoms with van der Waals surface area (Å²) in [6, 6.07) is 11.5. The minimum atomic E-state index is 0.571. The lowest BCUT2D eigenvalue weighted by atomic mass is 9.99. The normalized spacial score (nSPS) is 27.1. The summed E-state index contributed by atoms with van der Waals surface area (Å²) in [6.07, 6.45) is 2.92. The highest BCUT2D eigenvalue weighted by molar-refractivity contribution is 5.20. The van der Waals surface area contributed by atoms with Gasteiger partial charge in [-0.3, -0.25) is 4.90 Å². The molecule has 98 valence electrons. The van der Waals surface area contributed by atoms with Crippen LogP contribution in [0.2, 0.25) is 0 Å². The van der Waals surface area contributed by atoms with Gasteiger partial charge in [-0.15, -0.1) is 0 Å². The smallest absolute Gasteiger partial charge is 0.0473 e. The molecular formula is C16H24N2. The fraction of sp³-hybridized carbons (Fsp3) is 0.625. The van der Waals surface area contributed by atoms with Gasteiger partial charge in [0.2, 0.25) is 0 Å².